The van der Waals surface area contributed by atoms with E-state index < -0.39 is 0 Å². The Balaban J connectivity index is 1.89. The molecule has 1 saturated carbocycles. The first-order valence-electron chi connectivity index (χ1n) is 7.56. The molecule has 0 spiro atoms. The summed E-state index contributed by atoms with van der Waals surface area (Å²) in [6, 6.07) is 5.86. The number of rotatable bonds is 7. The van der Waals surface area contributed by atoms with Crippen molar-refractivity contribution in [2.24, 2.45) is 0 Å². The Hall–Kier alpha value is -1.07. The van der Waals surface area contributed by atoms with Crippen molar-refractivity contribution < 1.29 is 9.32 Å². The summed E-state index contributed by atoms with van der Waals surface area (Å²) in [6.45, 7) is 2.17. The van der Waals surface area contributed by atoms with Gasteiger partial charge in [-0.1, -0.05) is 28.0 Å². The van der Waals surface area contributed by atoms with E-state index in [0.717, 1.165) is 52.1 Å². The number of carbonyl (C=O) groups excluding carboxylic acids is 1. The normalized spacial score (nSPS) is 14.3. The summed E-state index contributed by atoms with van der Waals surface area (Å²) in [7, 11) is 0. The van der Waals surface area contributed by atoms with Crippen molar-refractivity contribution in [2.75, 3.05) is 5.75 Å². The van der Waals surface area contributed by atoms with Gasteiger partial charge in [0.25, 0.3) is 0 Å². The maximum atomic E-state index is 12.9. The fraction of sp³-hybridized carbons (Fsp3) is 0.412. The number of halogens is 1. The van der Waals surface area contributed by atoms with Crippen molar-refractivity contribution >= 4 is 33.5 Å². The molecule has 22 heavy (non-hydrogen) atoms. The Morgan fingerprint density at radius 3 is 2.95 bits per heavy atom. The standard InChI is InChI=1S/C17H18BrNO2S/c1-2-7-22-10-12-8-13(18)5-6-14(12)16(20)15-9-19-21-17(15)11-3-4-11/h5-6,8-9,11H,2-4,7,10H2,1H3. The minimum absolute atomic E-state index is 0.0303. The molecule has 0 aliphatic heterocycles. The molecule has 5 heteroatoms. The van der Waals surface area contributed by atoms with E-state index >= 15 is 0 Å². The van der Waals surface area contributed by atoms with E-state index in [1.807, 2.05) is 30.0 Å². The van der Waals surface area contributed by atoms with Gasteiger partial charge in [-0.05, 0) is 48.8 Å². The predicted molar refractivity (Wildman–Crippen MR) is 92.5 cm³/mol. The first kappa shape index (κ1) is 15.8. The van der Waals surface area contributed by atoms with Crippen LogP contribution in [0.2, 0.25) is 0 Å². The molecular weight excluding hydrogens is 362 g/mol. The third kappa shape index (κ3) is 3.46. The van der Waals surface area contributed by atoms with Crippen molar-refractivity contribution in [2.45, 2.75) is 37.9 Å². The predicted octanol–water partition coefficient (Wildman–Crippen LogP) is 5.19. The van der Waals surface area contributed by atoms with Crippen molar-refractivity contribution in [1.82, 2.24) is 5.16 Å². The van der Waals surface area contributed by atoms with E-state index in [-0.39, 0.29) is 5.78 Å². The lowest BCUT2D eigenvalue weighted by molar-refractivity contribution is 0.103. The fourth-order valence-electron chi connectivity index (χ4n) is 2.43. The Bertz CT molecular complexity index is 679. The number of thioether (sulfide) groups is 1. The largest absolute Gasteiger partial charge is 0.360 e. The lowest BCUT2D eigenvalue weighted by atomic mass is 9.99. The highest BCUT2D eigenvalue weighted by Crippen LogP contribution is 2.42. The number of carbonyl (C=O) groups is 1. The van der Waals surface area contributed by atoms with Crippen LogP contribution in [-0.4, -0.2) is 16.7 Å². The van der Waals surface area contributed by atoms with E-state index in [0.29, 0.717) is 11.5 Å². The topological polar surface area (TPSA) is 43.1 Å². The van der Waals surface area contributed by atoms with E-state index in [1.54, 1.807) is 6.20 Å². The molecule has 1 heterocycles. The molecule has 0 radical (unpaired) electrons. The van der Waals surface area contributed by atoms with Crippen LogP contribution in [0.25, 0.3) is 0 Å². The van der Waals surface area contributed by atoms with Gasteiger partial charge in [-0.3, -0.25) is 4.79 Å². The molecule has 3 nitrogen and oxygen atoms in total. The smallest absolute Gasteiger partial charge is 0.198 e. The zero-order valence-electron chi connectivity index (χ0n) is 12.5. The number of ketones is 1. The molecule has 0 amide bonds. The second-order valence-electron chi connectivity index (χ2n) is 5.56. The van der Waals surface area contributed by atoms with E-state index in [9.17, 15) is 4.79 Å². The van der Waals surface area contributed by atoms with Crippen LogP contribution >= 0.6 is 27.7 Å². The van der Waals surface area contributed by atoms with Crippen LogP contribution in [0.3, 0.4) is 0 Å². The Morgan fingerprint density at radius 2 is 2.23 bits per heavy atom. The first-order valence-corrected chi connectivity index (χ1v) is 9.51. The molecule has 0 atom stereocenters. The van der Waals surface area contributed by atoms with Crippen molar-refractivity contribution in [3.8, 4) is 0 Å². The molecule has 1 aromatic carbocycles. The van der Waals surface area contributed by atoms with Crippen molar-refractivity contribution in [1.29, 1.82) is 0 Å². The van der Waals surface area contributed by atoms with E-state index in [2.05, 4.69) is 28.0 Å². The molecule has 1 aliphatic carbocycles. The number of hydrogen-bond donors (Lipinski definition) is 0. The zero-order valence-corrected chi connectivity index (χ0v) is 14.9. The molecular formula is C17H18BrNO2S. The summed E-state index contributed by atoms with van der Waals surface area (Å²) in [4.78, 5) is 12.9. The van der Waals surface area contributed by atoms with Gasteiger partial charge in [-0.2, -0.15) is 11.8 Å². The Morgan fingerprint density at radius 1 is 1.41 bits per heavy atom. The van der Waals surface area contributed by atoms with Crippen LogP contribution in [0.1, 0.15) is 59.3 Å². The van der Waals surface area contributed by atoms with E-state index in [1.165, 1.54) is 0 Å². The molecule has 0 N–H and O–H groups in total. The molecule has 116 valence electrons. The van der Waals surface area contributed by atoms with Gasteiger partial charge in [0.1, 0.15) is 0 Å². The maximum Gasteiger partial charge on any atom is 0.198 e. The monoisotopic (exact) mass is 379 g/mol. The maximum absolute atomic E-state index is 12.9. The van der Waals surface area contributed by atoms with Crippen LogP contribution in [0.4, 0.5) is 0 Å². The van der Waals surface area contributed by atoms with Gasteiger partial charge >= 0.3 is 0 Å². The Labute approximate surface area is 143 Å². The van der Waals surface area contributed by atoms with Gasteiger partial charge in [0.05, 0.1) is 11.8 Å². The molecule has 3 rings (SSSR count). The summed E-state index contributed by atoms with van der Waals surface area (Å²) in [6.07, 6.45) is 4.89. The summed E-state index contributed by atoms with van der Waals surface area (Å²) >= 11 is 5.35. The average Bonchev–Trinajstić information content (AvgIpc) is 3.24. The second-order valence-corrected chi connectivity index (χ2v) is 7.58. The van der Waals surface area contributed by atoms with Gasteiger partial charge < -0.3 is 4.52 Å². The minimum atomic E-state index is 0.0303. The summed E-state index contributed by atoms with van der Waals surface area (Å²) in [5, 5.41) is 3.84. The van der Waals surface area contributed by atoms with Gasteiger partial charge in [0, 0.05) is 21.7 Å². The van der Waals surface area contributed by atoms with Crippen LogP contribution in [-0.2, 0) is 5.75 Å². The molecule has 1 aliphatic rings. The molecule has 1 fully saturated rings. The average molecular weight is 380 g/mol. The van der Waals surface area contributed by atoms with Gasteiger partial charge in [0.2, 0.25) is 0 Å². The highest BCUT2D eigenvalue weighted by molar-refractivity contribution is 9.10. The van der Waals surface area contributed by atoms with Crippen LogP contribution in [0.15, 0.2) is 33.4 Å². The quantitative estimate of drug-likeness (QED) is 0.490. The zero-order chi connectivity index (χ0) is 15.5. The Kier molecular flexibility index (Phi) is 5.03. The number of nitrogens with zero attached hydrogens (tertiary/aromatic N) is 1. The van der Waals surface area contributed by atoms with E-state index in [4.69, 9.17) is 4.52 Å². The third-order valence-electron chi connectivity index (χ3n) is 3.71. The van der Waals surface area contributed by atoms with Crippen LogP contribution in [0, 0.1) is 0 Å². The summed E-state index contributed by atoms with van der Waals surface area (Å²) in [5.74, 6) is 3.12. The lowest BCUT2D eigenvalue weighted by Crippen LogP contribution is -2.06. The summed E-state index contributed by atoms with van der Waals surface area (Å²) in [5.41, 5.74) is 2.46. The highest BCUT2D eigenvalue weighted by Gasteiger charge is 2.33. The molecule has 0 unspecified atom stereocenters. The second kappa shape index (κ2) is 7.01. The summed E-state index contributed by atoms with van der Waals surface area (Å²) < 4.78 is 6.31. The molecule has 0 saturated heterocycles. The van der Waals surface area contributed by atoms with Gasteiger partial charge in [-0.25, -0.2) is 0 Å². The SMILES string of the molecule is CCCSCc1cc(Br)ccc1C(=O)c1cnoc1C1CC1. The third-order valence-corrected chi connectivity index (χ3v) is 5.41. The minimum Gasteiger partial charge on any atom is -0.360 e. The van der Waals surface area contributed by atoms with Gasteiger partial charge in [0.15, 0.2) is 11.5 Å². The van der Waals surface area contributed by atoms with Crippen LogP contribution in [0.5, 0.6) is 0 Å². The number of hydrogen-bond acceptors (Lipinski definition) is 4. The molecule has 1 aromatic heterocycles. The first-order chi connectivity index (χ1) is 10.7. The molecule has 0 bridgehead atoms. The number of aromatic nitrogens is 1. The van der Waals surface area contributed by atoms with Crippen molar-refractivity contribution in [3.05, 3.63) is 51.3 Å². The number of benzene rings is 1. The highest BCUT2D eigenvalue weighted by atomic mass is 79.9. The van der Waals surface area contributed by atoms with Crippen LogP contribution < -0.4 is 0 Å². The van der Waals surface area contributed by atoms with Gasteiger partial charge in [-0.15, -0.1) is 0 Å². The van der Waals surface area contributed by atoms with Crippen molar-refractivity contribution in [3.63, 3.8) is 0 Å². The fourth-order valence-corrected chi connectivity index (χ4v) is 3.73. The molecule has 2 aromatic rings. The lowest BCUT2D eigenvalue weighted by Gasteiger charge is -2.09.